The zero-order valence-corrected chi connectivity index (χ0v) is 17.5. The number of amides is 1. The van der Waals surface area contributed by atoms with Crippen LogP contribution in [0.1, 0.15) is 25.7 Å². The Bertz CT molecular complexity index is 997. The molecule has 0 spiro atoms. The number of para-hydroxylation sites is 1. The number of aryl methyl sites for hydroxylation is 1. The molecule has 0 bridgehead atoms. The van der Waals surface area contributed by atoms with Gasteiger partial charge in [0.1, 0.15) is 5.02 Å². The average molecular weight is 450 g/mol. The van der Waals surface area contributed by atoms with Crippen molar-refractivity contribution >= 4 is 52.3 Å². The Hall–Kier alpha value is -2.88. The number of hydrogen-bond donors (Lipinski definition) is 4. The molecule has 0 unspecified atom stereocenters. The van der Waals surface area contributed by atoms with Gasteiger partial charge in [-0.2, -0.15) is 10.1 Å². The first-order valence-electron chi connectivity index (χ1n) is 9.31. The monoisotopic (exact) mass is 449 g/mol. The van der Waals surface area contributed by atoms with Crippen LogP contribution in [0.2, 0.25) is 10.0 Å². The van der Waals surface area contributed by atoms with E-state index in [4.69, 9.17) is 28.4 Å². The summed E-state index contributed by atoms with van der Waals surface area (Å²) in [5.74, 6) is 0.428. The summed E-state index contributed by atoms with van der Waals surface area (Å²) in [4.78, 5) is 19.6. The van der Waals surface area contributed by atoms with Crippen LogP contribution in [0.4, 0.5) is 23.1 Å². The van der Waals surface area contributed by atoms with Crippen molar-refractivity contribution in [1.82, 2.24) is 25.2 Å². The van der Waals surface area contributed by atoms with E-state index in [9.17, 15) is 4.79 Å². The molecule has 1 amide bonds. The lowest BCUT2D eigenvalue weighted by atomic mass is 10.2. The molecule has 0 radical (unpaired) electrons. The van der Waals surface area contributed by atoms with Crippen LogP contribution in [-0.4, -0.2) is 30.9 Å². The minimum atomic E-state index is -0.369. The molecule has 11 heteroatoms. The molecular formula is C19H21Cl2N7O2. The van der Waals surface area contributed by atoms with E-state index in [2.05, 4.69) is 25.7 Å². The summed E-state index contributed by atoms with van der Waals surface area (Å²) in [5, 5.41) is 19.9. The third kappa shape index (κ3) is 6.31. The Morgan fingerprint density at radius 2 is 1.90 bits per heavy atom. The van der Waals surface area contributed by atoms with E-state index in [1.165, 1.54) is 6.20 Å². The van der Waals surface area contributed by atoms with Gasteiger partial charge in [-0.25, -0.2) is 10.5 Å². The number of carbonyl (C=O) groups is 1. The summed E-state index contributed by atoms with van der Waals surface area (Å²) < 4.78 is 1.80. The van der Waals surface area contributed by atoms with Crippen molar-refractivity contribution in [1.29, 1.82) is 0 Å². The second-order valence-electron chi connectivity index (χ2n) is 6.46. The third-order valence-electron chi connectivity index (χ3n) is 4.18. The fourth-order valence-corrected chi connectivity index (χ4v) is 3.00. The predicted octanol–water partition coefficient (Wildman–Crippen LogP) is 4.53. The van der Waals surface area contributed by atoms with Crippen LogP contribution in [0, 0.1) is 0 Å². The van der Waals surface area contributed by atoms with Gasteiger partial charge >= 0.3 is 0 Å². The summed E-state index contributed by atoms with van der Waals surface area (Å²) in [6, 6.07) is 7.30. The molecule has 1 aromatic carbocycles. The van der Waals surface area contributed by atoms with E-state index in [0.717, 1.165) is 18.5 Å². The van der Waals surface area contributed by atoms with Gasteiger partial charge in [0.25, 0.3) is 0 Å². The number of hydroxylamine groups is 1. The number of benzene rings is 1. The van der Waals surface area contributed by atoms with Gasteiger partial charge in [-0.1, -0.05) is 41.8 Å². The summed E-state index contributed by atoms with van der Waals surface area (Å²) in [6.07, 6.45) is 7.76. The second-order valence-corrected chi connectivity index (χ2v) is 7.27. The zero-order valence-electron chi connectivity index (χ0n) is 16.0. The first-order chi connectivity index (χ1) is 14.5. The van der Waals surface area contributed by atoms with Crippen molar-refractivity contribution in [3.8, 4) is 0 Å². The lowest BCUT2D eigenvalue weighted by Crippen LogP contribution is -2.17. The minimum Gasteiger partial charge on any atom is -0.338 e. The van der Waals surface area contributed by atoms with E-state index in [1.54, 1.807) is 22.4 Å². The SMILES string of the molecule is O=C(CCCCCn1cc(Nc2ncc(Cl)c(Nc3ccccc3Cl)n2)cn1)NO. The lowest BCUT2D eigenvalue weighted by Gasteiger charge is -2.10. The fraction of sp³-hybridized carbons (Fsp3) is 0.263. The number of anilines is 4. The second kappa shape index (κ2) is 10.8. The van der Waals surface area contributed by atoms with Gasteiger partial charge in [0.15, 0.2) is 5.82 Å². The molecule has 3 aromatic rings. The van der Waals surface area contributed by atoms with E-state index in [0.29, 0.717) is 46.9 Å². The maximum absolute atomic E-state index is 11.0. The number of hydrogen-bond acceptors (Lipinski definition) is 7. The van der Waals surface area contributed by atoms with Crippen molar-refractivity contribution in [3.63, 3.8) is 0 Å². The number of nitrogens with one attached hydrogen (secondary N) is 3. The number of nitrogens with zero attached hydrogens (tertiary/aromatic N) is 4. The van der Waals surface area contributed by atoms with Crippen LogP contribution in [0.3, 0.4) is 0 Å². The topological polar surface area (TPSA) is 117 Å². The van der Waals surface area contributed by atoms with Crippen LogP contribution in [0.25, 0.3) is 0 Å². The molecule has 0 aliphatic rings. The smallest absolute Gasteiger partial charge is 0.243 e. The largest absolute Gasteiger partial charge is 0.338 e. The average Bonchev–Trinajstić information content (AvgIpc) is 3.18. The molecule has 0 aliphatic heterocycles. The molecule has 0 fully saturated rings. The first kappa shape index (κ1) is 21.8. The zero-order chi connectivity index (χ0) is 21.3. The van der Waals surface area contributed by atoms with Crippen LogP contribution in [0.5, 0.6) is 0 Å². The maximum Gasteiger partial charge on any atom is 0.243 e. The van der Waals surface area contributed by atoms with Gasteiger partial charge in [-0.3, -0.25) is 14.7 Å². The summed E-state index contributed by atoms with van der Waals surface area (Å²) in [6.45, 7) is 0.712. The van der Waals surface area contributed by atoms with Crippen LogP contribution >= 0.6 is 23.2 Å². The number of halogens is 2. The van der Waals surface area contributed by atoms with E-state index in [1.807, 2.05) is 24.4 Å². The molecule has 158 valence electrons. The van der Waals surface area contributed by atoms with Crippen LogP contribution < -0.4 is 16.1 Å². The molecule has 4 N–H and O–H groups in total. The minimum absolute atomic E-state index is 0.306. The highest BCUT2D eigenvalue weighted by Gasteiger charge is 2.09. The number of rotatable bonds is 10. The Kier molecular flexibility index (Phi) is 7.83. The Morgan fingerprint density at radius 1 is 1.07 bits per heavy atom. The normalized spacial score (nSPS) is 10.6. The molecule has 0 saturated carbocycles. The molecule has 0 saturated heterocycles. The fourth-order valence-electron chi connectivity index (χ4n) is 2.68. The highest BCUT2D eigenvalue weighted by atomic mass is 35.5. The molecular weight excluding hydrogens is 429 g/mol. The molecule has 0 atom stereocenters. The van der Waals surface area contributed by atoms with Gasteiger partial charge in [0.2, 0.25) is 11.9 Å². The van der Waals surface area contributed by atoms with E-state index in [-0.39, 0.29) is 5.91 Å². The summed E-state index contributed by atoms with van der Waals surface area (Å²) in [7, 11) is 0. The van der Waals surface area contributed by atoms with Crippen LogP contribution in [0.15, 0.2) is 42.9 Å². The molecule has 30 heavy (non-hydrogen) atoms. The third-order valence-corrected chi connectivity index (χ3v) is 4.78. The Morgan fingerprint density at radius 3 is 2.70 bits per heavy atom. The van der Waals surface area contributed by atoms with E-state index < -0.39 is 0 Å². The van der Waals surface area contributed by atoms with Crippen molar-refractivity contribution in [2.75, 3.05) is 10.6 Å². The van der Waals surface area contributed by atoms with Crippen molar-refractivity contribution in [2.24, 2.45) is 0 Å². The molecule has 2 aromatic heterocycles. The predicted molar refractivity (Wildman–Crippen MR) is 116 cm³/mol. The molecule has 2 heterocycles. The lowest BCUT2D eigenvalue weighted by molar-refractivity contribution is -0.129. The Labute approximate surface area is 183 Å². The number of aromatic nitrogens is 4. The van der Waals surface area contributed by atoms with Gasteiger partial charge in [-0.05, 0) is 25.0 Å². The van der Waals surface area contributed by atoms with Gasteiger partial charge in [-0.15, -0.1) is 0 Å². The van der Waals surface area contributed by atoms with E-state index >= 15 is 0 Å². The van der Waals surface area contributed by atoms with Crippen molar-refractivity contribution < 1.29 is 10.0 Å². The Balaban J connectivity index is 1.55. The van der Waals surface area contributed by atoms with Gasteiger partial charge in [0, 0.05) is 19.2 Å². The van der Waals surface area contributed by atoms with Gasteiger partial charge in [0.05, 0.1) is 28.8 Å². The van der Waals surface area contributed by atoms with Crippen molar-refractivity contribution in [3.05, 3.63) is 52.9 Å². The number of carbonyl (C=O) groups excluding carboxylic acids is 1. The quantitative estimate of drug-likeness (QED) is 0.204. The molecule has 3 rings (SSSR count). The molecule has 9 nitrogen and oxygen atoms in total. The standard InChI is InChI=1S/C19H21Cl2N7O2/c20-14-6-3-4-7-16(14)25-18-15(21)11-22-19(26-18)24-13-10-23-28(12-13)9-5-1-2-8-17(29)27-30/h3-4,6-7,10-12,30H,1-2,5,8-9H2,(H,27,29)(H2,22,24,25,26). The summed E-state index contributed by atoms with van der Waals surface area (Å²) in [5.41, 5.74) is 3.05. The maximum atomic E-state index is 11.0. The van der Waals surface area contributed by atoms with Crippen molar-refractivity contribution in [2.45, 2.75) is 32.2 Å². The highest BCUT2D eigenvalue weighted by molar-refractivity contribution is 6.34. The van der Waals surface area contributed by atoms with Crippen LogP contribution in [-0.2, 0) is 11.3 Å². The number of unbranched alkanes of at least 4 members (excludes halogenated alkanes) is 2. The molecule has 0 aliphatic carbocycles. The first-order valence-corrected chi connectivity index (χ1v) is 10.1. The summed E-state index contributed by atoms with van der Waals surface area (Å²) >= 11 is 12.4. The highest BCUT2D eigenvalue weighted by Crippen LogP contribution is 2.28. The van der Waals surface area contributed by atoms with Gasteiger partial charge < -0.3 is 10.6 Å².